The van der Waals surface area contributed by atoms with E-state index in [1.54, 1.807) is 6.07 Å². The van der Waals surface area contributed by atoms with Gasteiger partial charge in [0.1, 0.15) is 5.82 Å². The van der Waals surface area contributed by atoms with Crippen molar-refractivity contribution in [2.45, 2.75) is 64.2 Å². The molecule has 2 saturated heterocycles. The van der Waals surface area contributed by atoms with Gasteiger partial charge in [-0.1, -0.05) is 13.8 Å². The highest BCUT2D eigenvalue weighted by Crippen LogP contribution is 2.34. The van der Waals surface area contributed by atoms with Crippen LogP contribution < -0.4 is 5.56 Å². The van der Waals surface area contributed by atoms with E-state index < -0.39 is 0 Å². The quantitative estimate of drug-likeness (QED) is 0.840. The zero-order valence-electron chi connectivity index (χ0n) is 17.5. The first kappa shape index (κ1) is 20.1. The van der Waals surface area contributed by atoms with E-state index in [9.17, 15) is 14.4 Å². The van der Waals surface area contributed by atoms with Gasteiger partial charge in [0.2, 0.25) is 11.8 Å². The van der Waals surface area contributed by atoms with Gasteiger partial charge >= 0.3 is 0 Å². The van der Waals surface area contributed by atoms with Crippen molar-refractivity contribution < 1.29 is 9.59 Å². The summed E-state index contributed by atoms with van der Waals surface area (Å²) >= 11 is 0. The maximum atomic E-state index is 12.5. The average molecular weight is 401 g/mol. The molecule has 3 heterocycles. The highest BCUT2D eigenvalue weighted by Gasteiger charge is 2.36. The maximum Gasteiger partial charge on any atom is 0.251 e. The molecule has 4 rings (SSSR count). The van der Waals surface area contributed by atoms with Gasteiger partial charge in [-0.05, 0) is 38.5 Å². The van der Waals surface area contributed by atoms with Crippen LogP contribution in [0, 0.1) is 11.8 Å². The Kier molecular flexibility index (Phi) is 5.74. The fourth-order valence-corrected chi connectivity index (χ4v) is 4.64. The van der Waals surface area contributed by atoms with Crippen molar-refractivity contribution in [1.29, 1.82) is 0 Å². The molecule has 1 aliphatic carbocycles. The van der Waals surface area contributed by atoms with Gasteiger partial charge in [0.15, 0.2) is 0 Å². The zero-order chi connectivity index (χ0) is 20.5. The van der Waals surface area contributed by atoms with E-state index in [4.69, 9.17) is 4.98 Å². The van der Waals surface area contributed by atoms with Gasteiger partial charge in [0.05, 0.1) is 5.69 Å². The first-order chi connectivity index (χ1) is 13.9. The lowest BCUT2D eigenvalue weighted by Crippen LogP contribution is -2.41. The molecular formula is C22H32N4O3. The monoisotopic (exact) mass is 400 g/mol. The number of rotatable bonds is 4. The minimum absolute atomic E-state index is 0.0143. The molecule has 158 valence electrons. The zero-order valence-corrected chi connectivity index (χ0v) is 17.5. The molecule has 2 amide bonds. The number of H-pyrrole nitrogens is 1. The van der Waals surface area contributed by atoms with E-state index in [1.165, 1.54) is 0 Å². The summed E-state index contributed by atoms with van der Waals surface area (Å²) in [6.45, 7) is 6.78. The molecule has 1 saturated carbocycles. The maximum absolute atomic E-state index is 12.5. The summed E-state index contributed by atoms with van der Waals surface area (Å²) in [5, 5.41) is 0. The second kappa shape index (κ2) is 8.28. The van der Waals surface area contributed by atoms with Crippen LogP contribution >= 0.6 is 0 Å². The SMILES string of the molecule is CC(C)C(=O)N1CCC(c2nc([C@@H]3CCCN(C(=O)C4CC4)C3)cc(=O)[nH]2)CC1. The van der Waals surface area contributed by atoms with Crippen LogP contribution in [0.25, 0.3) is 0 Å². The van der Waals surface area contributed by atoms with Crippen LogP contribution in [0.15, 0.2) is 10.9 Å². The molecule has 3 aliphatic rings. The minimum atomic E-state index is -0.115. The second-order valence-electron chi connectivity index (χ2n) is 9.21. The molecule has 29 heavy (non-hydrogen) atoms. The summed E-state index contributed by atoms with van der Waals surface area (Å²) in [5.74, 6) is 1.77. The number of nitrogens with zero attached hydrogens (tertiary/aromatic N) is 3. The smallest absolute Gasteiger partial charge is 0.251 e. The van der Waals surface area contributed by atoms with Crippen LogP contribution in [-0.4, -0.2) is 57.8 Å². The second-order valence-corrected chi connectivity index (χ2v) is 9.21. The Morgan fingerprint density at radius 3 is 2.41 bits per heavy atom. The van der Waals surface area contributed by atoms with Crippen molar-refractivity contribution in [3.63, 3.8) is 0 Å². The van der Waals surface area contributed by atoms with E-state index in [0.717, 1.165) is 56.6 Å². The summed E-state index contributed by atoms with van der Waals surface area (Å²) in [6, 6.07) is 1.61. The molecule has 0 bridgehead atoms. The third-order valence-corrected chi connectivity index (χ3v) is 6.54. The number of carbonyl (C=O) groups is 2. The Morgan fingerprint density at radius 1 is 1.03 bits per heavy atom. The summed E-state index contributed by atoms with van der Waals surface area (Å²) in [5.41, 5.74) is 0.703. The molecule has 0 radical (unpaired) electrons. The number of piperidine rings is 2. The van der Waals surface area contributed by atoms with E-state index in [2.05, 4.69) is 4.98 Å². The number of aromatic nitrogens is 2. The Hall–Kier alpha value is -2.18. The standard InChI is InChI=1S/C22H32N4O3/c1-14(2)21(28)25-10-7-15(8-11-25)20-23-18(12-19(27)24-20)17-4-3-9-26(13-17)22(29)16-5-6-16/h12,14-17H,3-11,13H2,1-2H3,(H,23,24,27)/t17-/m1/s1. The number of likely N-dealkylation sites (tertiary alicyclic amines) is 2. The first-order valence-corrected chi connectivity index (χ1v) is 11.1. The van der Waals surface area contributed by atoms with Crippen LogP contribution in [-0.2, 0) is 9.59 Å². The Bertz CT molecular complexity index is 822. The van der Waals surface area contributed by atoms with Crippen molar-refractivity contribution >= 4 is 11.8 Å². The topological polar surface area (TPSA) is 86.4 Å². The van der Waals surface area contributed by atoms with Crippen molar-refractivity contribution in [2.24, 2.45) is 11.8 Å². The number of aromatic amines is 1. The van der Waals surface area contributed by atoms with Crippen LogP contribution in [0.3, 0.4) is 0 Å². The number of carbonyl (C=O) groups excluding carboxylic acids is 2. The van der Waals surface area contributed by atoms with Gasteiger partial charge in [-0.15, -0.1) is 0 Å². The molecular weight excluding hydrogens is 368 g/mol. The van der Waals surface area contributed by atoms with Crippen LogP contribution in [0.4, 0.5) is 0 Å². The molecule has 7 heteroatoms. The highest BCUT2D eigenvalue weighted by atomic mass is 16.2. The van der Waals surface area contributed by atoms with Crippen molar-refractivity contribution in [1.82, 2.24) is 19.8 Å². The molecule has 3 fully saturated rings. The number of nitrogens with one attached hydrogen (secondary N) is 1. The molecule has 1 aromatic rings. The predicted molar refractivity (Wildman–Crippen MR) is 110 cm³/mol. The summed E-state index contributed by atoms with van der Waals surface area (Å²) in [7, 11) is 0. The molecule has 1 aromatic heterocycles. The number of hydrogen-bond acceptors (Lipinski definition) is 4. The van der Waals surface area contributed by atoms with Gasteiger partial charge < -0.3 is 14.8 Å². The van der Waals surface area contributed by atoms with Crippen LogP contribution in [0.5, 0.6) is 0 Å². The summed E-state index contributed by atoms with van der Waals surface area (Å²) < 4.78 is 0. The fraction of sp³-hybridized carbons (Fsp3) is 0.727. The molecule has 2 aliphatic heterocycles. The predicted octanol–water partition coefficient (Wildman–Crippen LogP) is 2.25. The van der Waals surface area contributed by atoms with Gasteiger partial charge in [0, 0.05) is 55.9 Å². The van der Waals surface area contributed by atoms with E-state index >= 15 is 0 Å². The third-order valence-electron chi connectivity index (χ3n) is 6.54. The van der Waals surface area contributed by atoms with Gasteiger partial charge in [-0.3, -0.25) is 14.4 Å². The van der Waals surface area contributed by atoms with Crippen LogP contribution in [0.2, 0.25) is 0 Å². The Labute approximate surface area is 171 Å². The third kappa shape index (κ3) is 4.54. The molecule has 1 atom stereocenters. The van der Waals surface area contributed by atoms with Crippen molar-refractivity contribution in [3.8, 4) is 0 Å². The number of hydrogen-bond donors (Lipinski definition) is 1. The fourth-order valence-electron chi connectivity index (χ4n) is 4.64. The van der Waals surface area contributed by atoms with E-state index in [-0.39, 0.29) is 41.0 Å². The van der Waals surface area contributed by atoms with Crippen LogP contribution in [0.1, 0.15) is 75.7 Å². The lowest BCUT2D eigenvalue weighted by Gasteiger charge is -2.34. The van der Waals surface area contributed by atoms with Gasteiger partial charge in [-0.2, -0.15) is 0 Å². The molecule has 7 nitrogen and oxygen atoms in total. The van der Waals surface area contributed by atoms with E-state index in [1.807, 2.05) is 23.6 Å². The van der Waals surface area contributed by atoms with Gasteiger partial charge in [-0.25, -0.2) is 4.98 Å². The average Bonchev–Trinajstić information content (AvgIpc) is 3.58. The minimum Gasteiger partial charge on any atom is -0.342 e. The molecule has 0 spiro atoms. The highest BCUT2D eigenvalue weighted by molar-refractivity contribution is 5.81. The van der Waals surface area contributed by atoms with E-state index in [0.29, 0.717) is 19.6 Å². The van der Waals surface area contributed by atoms with Crippen molar-refractivity contribution in [3.05, 3.63) is 27.9 Å². The lowest BCUT2D eigenvalue weighted by atomic mass is 9.92. The van der Waals surface area contributed by atoms with Crippen molar-refractivity contribution in [2.75, 3.05) is 26.2 Å². The molecule has 0 unspecified atom stereocenters. The molecule has 0 aromatic carbocycles. The number of amides is 2. The Balaban J connectivity index is 1.45. The first-order valence-electron chi connectivity index (χ1n) is 11.1. The van der Waals surface area contributed by atoms with Gasteiger partial charge in [0.25, 0.3) is 5.56 Å². The normalized spacial score (nSPS) is 23.5. The summed E-state index contributed by atoms with van der Waals surface area (Å²) in [4.78, 5) is 48.7. The largest absolute Gasteiger partial charge is 0.342 e. The lowest BCUT2D eigenvalue weighted by molar-refractivity contribution is -0.135. The summed E-state index contributed by atoms with van der Waals surface area (Å²) in [6.07, 6.45) is 5.61. The molecule has 1 N–H and O–H groups in total. The Morgan fingerprint density at radius 2 is 1.76 bits per heavy atom.